The quantitative estimate of drug-likeness (QED) is 0.382. The van der Waals surface area contributed by atoms with E-state index in [9.17, 15) is 34.8 Å². The van der Waals surface area contributed by atoms with E-state index in [1.165, 1.54) is 25.2 Å². The van der Waals surface area contributed by atoms with Gasteiger partial charge in [0.25, 0.3) is 0 Å². The molecule has 0 fully saturated rings. The molecule has 2 N–H and O–H groups in total. The van der Waals surface area contributed by atoms with Crippen LogP contribution in [0.15, 0.2) is 63.3 Å². The van der Waals surface area contributed by atoms with Gasteiger partial charge >= 0.3 is 12.1 Å². The maximum Gasteiger partial charge on any atom is 0.490 e. The molecule has 11 nitrogen and oxygen atoms in total. The summed E-state index contributed by atoms with van der Waals surface area (Å²) in [5.41, 5.74) is 2.17. The van der Waals surface area contributed by atoms with Crippen LogP contribution < -0.4 is 5.32 Å². The van der Waals surface area contributed by atoms with Crippen molar-refractivity contribution in [1.29, 1.82) is 0 Å². The lowest BCUT2D eigenvalue weighted by atomic mass is 10.1. The lowest BCUT2D eigenvalue weighted by Crippen LogP contribution is -2.31. The molecule has 16 heteroatoms. The van der Waals surface area contributed by atoms with Gasteiger partial charge < -0.3 is 15.3 Å². The summed E-state index contributed by atoms with van der Waals surface area (Å²) in [6.07, 6.45) is -2.77. The molecule has 1 aliphatic heterocycles. The highest BCUT2D eigenvalue weighted by atomic mass is 32.2. The van der Waals surface area contributed by atoms with Crippen LogP contribution in [0.25, 0.3) is 0 Å². The number of rotatable bonds is 11. The smallest absolute Gasteiger partial charge is 0.475 e. The lowest BCUT2D eigenvalue weighted by Gasteiger charge is -2.20. The van der Waals surface area contributed by atoms with Crippen LogP contribution in [0.2, 0.25) is 0 Å². The molecule has 0 aromatic heterocycles. The Balaban J connectivity index is 0.000000782. The Morgan fingerprint density at radius 3 is 2.12 bits per heavy atom. The monoisotopic (exact) mass is 634 g/mol. The number of benzene rings is 2. The summed E-state index contributed by atoms with van der Waals surface area (Å²) in [6, 6.07) is 13.4. The van der Waals surface area contributed by atoms with E-state index in [2.05, 4.69) is 10.3 Å². The number of aliphatic carboxylic acids is 1. The van der Waals surface area contributed by atoms with E-state index in [0.29, 0.717) is 19.4 Å². The normalized spacial score (nSPS) is 13.5. The molecule has 0 atom stereocenters. The summed E-state index contributed by atoms with van der Waals surface area (Å²) in [5.74, 6) is -1.90. The molecule has 0 unspecified atom stereocenters. The van der Waals surface area contributed by atoms with Crippen LogP contribution >= 0.6 is 0 Å². The van der Waals surface area contributed by atoms with Gasteiger partial charge in [-0.25, -0.2) is 25.9 Å². The Labute approximate surface area is 243 Å². The van der Waals surface area contributed by atoms with Gasteiger partial charge in [-0.3, -0.25) is 9.79 Å². The third-order valence-electron chi connectivity index (χ3n) is 6.11. The second kappa shape index (κ2) is 14.6. The maximum absolute atomic E-state index is 12.8. The first-order valence-electron chi connectivity index (χ1n) is 12.6. The fourth-order valence-corrected chi connectivity index (χ4v) is 5.65. The molecule has 0 saturated heterocycles. The molecule has 1 heterocycles. The van der Waals surface area contributed by atoms with Crippen molar-refractivity contribution in [2.45, 2.75) is 35.2 Å². The van der Waals surface area contributed by atoms with Crippen molar-refractivity contribution < 1.29 is 44.7 Å². The second-order valence-corrected chi connectivity index (χ2v) is 13.5. The molecule has 2 aromatic rings. The third-order valence-corrected chi connectivity index (χ3v) is 9.07. The SMILES string of the molecule is CN(CCc1ccc(C2=NCCN2)cc1)C(=O)CCCN(C)S(=O)(=O)c1cccc(S(C)(=O)=O)c1.O=C(O)C(F)(F)F. The van der Waals surface area contributed by atoms with Gasteiger partial charge in [0.15, 0.2) is 9.84 Å². The molecule has 0 aliphatic carbocycles. The number of halogens is 3. The topological polar surface area (TPSA) is 154 Å². The Morgan fingerprint density at radius 2 is 1.60 bits per heavy atom. The number of carboxylic acids is 1. The molecule has 232 valence electrons. The van der Waals surface area contributed by atoms with Crippen molar-refractivity contribution in [2.24, 2.45) is 4.99 Å². The predicted octanol–water partition coefficient (Wildman–Crippen LogP) is 2.18. The molecular weight excluding hydrogens is 601 g/mol. The van der Waals surface area contributed by atoms with Crippen molar-refractivity contribution in [3.63, 3.8) is 0 Å². The van der Waals surface area contributed by atoms with Gasteiger partial charge in [0.05, 0.1) is 16.3 Å². The second-order valence-electron chi connectivity index (χ2n) is 9.40. The van der Waals surface area contributed by atoms with Crippen LogP contribution in [0.3, 0.4) is 0 Å². The molecule has 42 heavy (non-hydrogen) atoms. The van der Waals surface area contributed by atoms with Crippen molar-refractivity contribution in [1.82, 2.24) is 14.5 Å². The molecule has 0 spiro atoms. The van der Waals surface area contributed by atoms with Crippen molar-refractivity contribution in [3.05, 3.63) is 59.7 Å². The highest BCUT2D eigenvalue weighted by molar-refractivity contribution is 7.91. The fourth-order valence-electron chi connectivity index (χ4n) is 3.65. The van der Waals surface area contributed by atoms with Crippen LogP contribution in [0.5, 0.6) is 0 Å². The summed E-state index contributed by atoms with van der Waals surface area (Å²) in [5, 5.41) is 10.4. The van der Waals surface area contributed by atoms with Crippen LogP contribution in [0, 0.1) is 0 Å². The van der Waals surface area contributed by atoms with Gasteiger partial charge in [0.2, 0.25) is 15.9 Å². The number of aliphatic imine (C=N–C) groups is 1. The number of likely N-dealkylation sites (N-methyl/N-ethyl adjacent to an activating group) is 1. The van der Waals surface area contributed by atoms with Crippen LogP contribution in [0.4, 0.5) is 13.2 Å². The average molecular weight is 635 g/mol. The van der Waals surface area contributed by atoms with Crippen LogP contribution in [-0.4, -0.2) is 102 Å². The van der Waals surface area contributed by atoms with Crippen molar-refractivity contribution in [2.75, 3.05) is 46.5 Å². The molecule has 1 aliphatic rings. The standard InChI is InChI=1S/C24H32N4O5S2.C2HF3O2/c1-27(17-13-19-9-11-20(12-10-19)24-25-14-15-26-24)23(29)8-5-16-28(2)35(32,33)22-7-4-6-21(18-22)34(3,30)31;3-2(4,5)1(6)7/h4,6-7,9-12,18H,5,8,13-17H2,1-3H3,(H,25,26);(H,6,7). The lowest BCUT2D eigenvalue weighted by molar-refractivity contribution is -0.192. The van der Waals surface area contributed by atoms with E-state index < -0.39 is 32.0 Å². The highest BCUT2D eigenvalue weighted by Crippen LogP contribution is 2.19. The Morgan fingerprint density at radius 1 is 1.00 bits per heavy atom. The summed E-state index contributed by atoms with van der Waals surface area (Å²) < 4.78 is 82.0. The number of amidine groups is 1. The number of amides is 1. The van der Waals surface area contributed by atoms with Crippen molar-refractivity contribution in [3.8, 4) is 0 Å². The van der Waals surface area contributed by atoms with Crippen LogP contribution in [-0.2, 0) is 35.9 Å². The molecule has 0 bridgehead atoms. The first-order valence-corrected chi connectivity index (χ1v) is 15.9. The van der Waals surface area contributed by atoms with Gasteiger partial charge in [-0.2, -0.15) is 13.2 Å². The summed E-state index contributed by atoms with van der Waals surface area (Å²) >= 11 is 0. The average Bonchev–Trinajstić information content (AvgIpc) is 3.46. The Kier molecular flexibility index (Phi) is 12.1. The first kappa shape index (κ1) is 34.7. The minimum atomic E-state index is -5.08. The van der Waals surface area contributed by atoms with Gasteiger partial charge in [-0.1, -0.05) is 30.3 Å². The summed E-state index contributed by atoms with van der Waals surface area (Å²) in [4.78, 5) is 27.3. The number of carboxylic acid groups (broad SMARTS) is 1. The van der Waals surface area contributed by atoms with E-state index in [4.69, 9.17) is 9.90 Å². The Hall–Kier alpha value is -3.50. The third kappa shape index (κ3) is 10.4. The molecule has 2 aromatic carbocycles. The van der Waals surface area contributed by atoms with Crippen molar-refractivity contribution >= 4 is 37.6 Å². The molecule has 1 amide bonds. The Bertz CT molecular complexity index is 1490. The van der Waals surface area contributed by atoms with E-state index >= 15 is 0 Å². The molecular formula is C26H33F3N4O7S2. The zero-order valence-electron chi connectivity index (χ0n) is 23.3. The zero-order valence-corrected chi connectivity index (χ0v) is 24.9. The zero-order chi connectivity index (χ0) is 31.7. The maximum atomic E-state index is 12.8. The summed E-state index contributed by atoms with van der Waals surface area (Å²) in [6.45, 7) is 2.36. The number of carbonyl (C=O) groups is 2. The number of hydrogen-bond donors (Lipinski definition) is 2. The number of nitrogens with one attached hydrogen (secondary N) is 1. The summed E-state index contributed by atoms with van der Waals surface area (Å²) in [7, 11) is -4.22. The van der Waals surface area contributed by atoms with E-state index in [-0.39, 0.29) is 28.7 Å². The van der Waals surface area contributed by atoms with E-state index in [0.717, 1.165) is 46.7 Å². The van der Waals surface area contributed by atoms with Crippen LogP contribution in [0.1, 0.15) is 24.0 Å². The largest absolute Gasteiger partial charge is 0.490 e. The van der Waals surface area contributed by atoms with Gasteiger partial charge in [-0.05, 0) is 36.6 Å². The highest BCUT2D eigenvalue weighted by Gasteiger charge is 2.38. The minimum Gasteiger partial charge on any atom is -0.475 e. The van der Waals surface area contributed by atoms with Gasteiger partial charge in [0.1, 0.15) is 5.84 Å². The molecule has 3 rings (SSSR count). The van der Waals surface area contributed by atoms with E-state index in [1.54, 1.807) is 11.9 Å². The number of sulfonamides is 1. The predicted molar refractivity (Wildman–Crippen MR) is 149 cm³/mol. The number of alkyl halides is 3. The fraction of sp³-hybridized carbons (Fsp3) is 0.423. The van der Waals surface area contributed by atoms with Gasteiger partial charge in [0, 0.05) is 52.0 Å². The number of hydrogen-bond acceptors (Lipinski definition) is 8. The van der Waals surface area contributed by atoms with E-state index in [1.807, 2.05) is 24.3 Å². The van der Waals surface area contributed by atoms with Gasteiger partial charge in [-0.15, -0.1) is 0 Å². The number of sulfone groups is 1. The number of nitrogens with zero attached hydrogens (tertiary/aromatic N) is 3. The molecule has 0 radical (unpaired) electrons. The first-order chi connectivity index (χ1) is 19.4. The number of carbonyl (C=O) groups excluding carboxylic acids is 1. The molecule has 0 saturated carbocycles. The minimum absolute atomic E-state index is 0.0534.